The van der Waals surface area contributed by atoms with Crippen molar-refractivity contribution in [3.05, 3.63) is 18.0 Å². The third-order valence-corrected chi connectivity index (χ3v) is 3.56. The van der Waals surface area contributed by atoms with Gasteiger partial charge in [-0.15, -0.1) is 0 Å². The minimum absolute atomic E-state index is 0.484. The van der Waals surface area contributed by atoms with Gasteiger partial charge in [-0.05, 0) is 19.4 Å². The molecule has 1 heterocycles. The number of nitrogens with one attached hydrogen (secondary N) is 1. The predicted molar refractivity (Wildman–Crippen MR) is 82.3 cm³/mol. The zero-order valence-electron chi connectivity index (χ0n) is 13.0. The van der Waals surface area contributed by atoms with Crippen LogP contribution in [-0.4, -0.2) is 16.3 Å². The maximum Gasteiger partial charge on any atom is 0.0537 e. The van der Waals surface area contributed by atoms with Gasteiger partial charge in [-0.25, -0.2) is 0 Å². The fraction of sp³-hybridized carbons (Fsp3) is 0.812. The van der Waals surface area contributed by atoms with Crippen molar-refractivity contribution in [2.75, 3.05) is 6.54 Å². The van der Waals surface area contributed by atoms with Crippen molar-refractivity contribution in [1.82, 2.24) is 15.1 Å². The zero-order chi connectivity index (χ0) is 13.9. The van der Waals surface area contributed by atoms with Crippen molar-refractivity contribution in [2.24, 2.45) is 0 Å². The Balaban J connectivity index is 2.41. The highest BCUT2D eigenvalue weighted by molar-refractivity contribution is 5.10. The van der Waals surface area contributed by atoms with Gasteiger partial charge in [0.15, 0.2) is 0 Å². The van der Waals surface area contributed by atoms with Gasteiger partial charge in [0.2, 0.25) is 0 Å². The van der Waals surface area contributed by atoms with E-state index in [4.69, 9.17) is 0 Å². The van der Waals surface area contributed by atoms with Gasteiger partial charge < -0.3 is 5.32 Å². The van der Waals surface area contributed by atoms with E-state index in [1.165, 1.54) is 44.1 Å². The third kappa shape index (κ3) is 6.24. The summed E-state index contributed by atoms with van der Waals surface area (Å²) in [6, 6.07) is 0.484. The summed E-state index contributed by atoms with van der Waals surface area (Å²) >= 11 is 0. The van der Waals surface area contributed by atoms with Crippen LogP contribution in [0.3, 0.4) is 0 Å². The van der Waals surface area contributed by atoms with Crippen molar-refractivity contribution in [3.63, 3.8) is 0 Å². The molecule has 1 aromatic rings. The summed E-state index contributed by atoms with van der Waals surface area (Å²) in [6.07, 6.45) is 13.4. The molecule has 1 unspecified atom stereocenters. The van der Waals surface area contributed by atoms with Crippen molar-refractivity contribution < 1.29 is 0 Å². The first kappa shape index (κ1) is 16.2. The summed E-state index contributed by atoms with van der Waals surface area (Å²) in [5, 5.41) is 8.04. The van der Waals surface area contributed by atoms with E-state index in [1.807, 2.05) is 6.20 Å². The Morgan fingerprint density at radius 2 is 1.89 bits per heavy atom. The topological polar surface area (TPSA) is 29.9 Å². The van der Waals surface area contributed by atoms with E-state index in [-0.39, 0.29) is 0 Å². The number of unbranched alkanes of at least 4 members (excludes halogenated alkanes) is 4. The molecule has 0 saturated carbocycles. The smallest absolute Gasteiger partial charge is 0.0537 e. The number of nitrogens with zero attached hydrogens (tertiary/aromatic N) is 2. The molecule has 3 heteroatoms. The van der Waals surface area contributed by atoms with E-state index >= 15 is 0 Å². The zero-order valence-corrected chi connectivity index (χ0v) is 13.0. The maximum atomic E-state index is 4.44. The highest BCUT2D eigenvalue weighted by Gasteiger charge is 2.11. The Kier molecular flexibility index (Phi) is 8.55. The van der Waals surface area contributed by atoms with Crippen LogP contribution in [-0.2, 0) is 6.54 Å². The highest BCUT2D eigenvalue weighted by Crippen LogP contribution is 2.20. The minimum Gasteiger partial charge on any atom is -0.310 e. The van der Waals surface area contributed by atoms with Crippen molar-refractivity contribution >= 4 is 0 Å². The van der Waals surface area contributed by atoms with Crippen LogP contribution in [0, 0.1) is 0 Å². The lowest BCUT2D eigenvalue weighted by atomic mass is 10.0. The van der Waals surface area contributed by atoms with Crippen LogP contribution < -0.4 is 5.32 Å². The molecule has 0 aliphatic rings. The standard InChI is InChI=1S/C16H31N3/c1-4-7-8-9-10-11-16(17-6-3)15-13-18-19(14-15)12-5-2/h13-14,16-17H,4-12H2,1-3H3. The largest absolute Gasteiger partial charge is 0.310 e. The molecule has 3 nitrogen and oxygen atoms in total. The first-order chi connectivity index (χ1) is 9.31. The molecular weight excluding hydrogens is 234 g/mol. The van der Waals surface area contributed by atoms with Gasteiger partial charge in [0.05, 0.1) is 6.20 Å². The van der Waals surface area contributed by atoms with E-state index in [0.717, 1.165) is 19.5 Å². The van der Waals surface area contributed by atoms with E-state index < -0.39 is 0 Å². The van der Waals surface area contributed by atoms with Crippen LogP contribution in [0.25, 0.3) is 0 Å². The molecule has 0 aliphatic carbocycles. The molecule has 0 bridgehead atoms. The molecule has 0 fully saturated rings. The molecule has 1 aromatic heterocycles. The van der Waals surface area contributed by atoms with Gasteiger partial charge in [-0.3, -0.25) is 4.68 Å². The average molecular weight is 265 g/mol. The summed E-state index contributed by atoms with van der Waals surface area (Å²) in [4.78, 5) is 0. The third-order valence-electron chi connectivity index (χ3n) is 3.56. The van der Waals surface area contributed by atoms with Gasteiger partial charge in [0.25, 0.3) is 0 Å². The van der Waals surface area contributed by atoms with Gasteiger partial charge in [-0.1, -0.05) is 52.9 Å². The SMILES string of the molecule is CCCCCCCC(NCC)c1cnn(CCC)c1. The summed E-state index contributed by atoms with van der Waals surface area (Å²) < 4.78 is 2.07. The Labute approximate surface area is 118 Å². The number of aromatic nitrogens is 2. The van der Waals surface area contributed by atoms with Crippen molar-refractivity contribution in [3.8, 4) is 0 Å². The van der Waals surface area contributed by atoms with Gasteiger partial charge in [0, 0.05) is 24.3 Å². The predicted octanol–water partition coefficient (Wildman–Crippen LogP) is 4.30. The van der Waals surface area contributed by atoms with Gasteiger partial charge in [-0.2, -0.15) is 5.10 Å². The molecule has 0 amide bonds. The molecule has 0 aliphatic heterocycles. The molecule has 1 atom stereocenters. The monoisotopic (exact) mass is 265 g/mol. The van der Waals surface area contributed by atoms with E-state index in [0.29, 0.717) is 6.04 Å². The van der Waals surface area contributed by atoms with Crippen molar-refractivity contribution in [1.29, 1.82) is 0 Å². The van der Waals surface area contributed by atoms with E-state index in [1.54, 1.807) is 0 Å². The van der Waals surface area contributed by atoms with Crippen LogP contribution in [0.1, 0.15) is 77.3 Å². The second kappa shape index (κ2) is 10.0. The molecular formula is C16H31N3. The van der Waals surface area contributed by atoms with E-state index in [9.17, 15) is 0 Å². The quantitative estimate of drug-likeness (QED) is 0.604. The minimum atomic E-state index is 0.484. The summed E-state index contributed by atoms with van der Waals surface area (Å²) in [5.41, 5.74) is 1.35. The molecule has 1 rings (SSSR count). The van der Waals surface area contributed by atoms with Crippen molar-refractivity contribution in [2.45, 2.75) is 78.3 Å². The highest BCUT2D eigenvalue weighted by atomic mass is 15.3. The summed E-state index contributed by atoms with van der Waals surface area (Å²) in [7, 11) is 0. The summed E-state index contributed by atoms with van der Waals surface area (Å²) in [5.74, 6) is 0. The normalized spacial score (nSPS) is 12.8. The number of hydrogen-bond donors (Lipinski definition) is 1. The molecule has 0 radical (unpaired) electrons. The Bertz CT molecular complexity index is 320. The Hall–Kier alpha value is -0.830. The number of hydrogen-bond acceptors (Lipinski definition) is 2. The lowest BCUT2D eigenvalue weighted by Gasteiger charge is -2.16. The first-order valence-electron chi connectivity index (χ1n) is 8.07. The van der Waals surface area contributed by atoms with Crippen LogP contribution in [0.15, 0.2) is 12.4 Å². The van der Waals surface area contributed by atoms with Crippen LogP contribution in [0.5, 0.6) is 0 Å². The maximum absolute atomic E-state index is 4.44. The molecule has 0 aromatic carbocycles. The fourth-order valence-corrected chi connectivity index (χ4v) is 2.50. The molecule has 0 spiro atoms. The van der Waals surface area contributed by atoms with Gasteiger partial charge in [0.1, 0.15) is 0 Å². The lowest BCUT2D eigenvalue weighted by Crippen LogP contribution is -2.20. The molecule has 1 N–H and O–H groups in total. The van der Waals surface area contributed by atoms with Gasteiger partial charge >= 0.3 is 0 Å². The van der Waals surface area contributed by atoms with Crippen LogP contribution in [0.4, 0.5) is 0 Å². The Morgan fingerprint density at radius 1 is 1.11 bits per heavy atom. The van der Waals surface area contributed by atoms with E-state index in [2.05, 4.69) is 42.1 Å². The first-order valence-corrected chi connectivity index (χ1v) is 8.07. The Morgan fingerprint density at radius 3 is 2.58 bits per heavy atom. The number of aryl methyl sites for hydroxylation is 1. The summed E-state index contributed by atoms with van der Waals surface area (Å²) in [6.45, 7) is 8.69. The second-order valence-electron chi connectivity index (χ2n) is 5.35. The molecule has 0 saturated heterocycles. The second-order valence-corrected chi connectivity index (χ2v) is 5.35. The average Bonchev–Trinajstić information content (AvgIpc) is 2.86. The fourth-order valence-electron chi connectivity index (χ4n) is 2.50. The molecule has 19 heavy (non-hydrogen) atoms. The molecule has 110 valence electrons. The lowest BCUT2D eigenvalue weighted by molar-refractivity contribution is 0.478. The van der Waals surface area contributed by atoms with Crippen LogP contribution in [0.2, 0.25) is 0 Å². The van der Waals surface area contributed by atoms with Crippen LogP contribution >= 0.6 is 0 Å². The number of rotatable bonds is 11.